The molecule has 0 aromatic carbocycles. The van der Waals surface area contributed by atoms with Gasteiger partial charge < -0.3 is 9.47 Å². The second-order valence-electron chi connectivity index (χ2n) is 4.27. The van der Waals surface area contributed by atoms with Crippen molar-refractivity contribution in [3.63, 3.8) is 0 Å². The molecule has 0 fully saturated rings. The average Bonchev–Trinajstić information content (AvgIpc) is 2.14. The van der Waals surface area contributed by atoms with Gasteiger partial charge in [0.05, 0.1) is 0 Å². The topological polar surface area (TPSA) is 52.6 Å². The van der Waals surface area contributed by atoms with Gasteiger partial charge in [0, 0.05) is 5.57 Å². The first-order valence-electron chi connectivity index (χ1n) is 5.04. The van der Waals surface area contributed by atoms with E-state index < -0.39 is 29.8 Å². The van der Waals surface area contributed by atoms with E-state index in [1.807, 2.05) is 0 Å². The minimum atomic E-state index is -4.66. The van der Waals surface area contributed by atoms with E-state index in [1.54, 1.807) is 0 Å². The molecule has 0 radical (unpaired) electrons. The summed E-state index contributed by atoms with van der Waals surface area (Å²) < 4.78 is 45.5. The van der Waals surface area contributed by atoms with Crippen molar-refractivity contribution in [1.29, 1.82) is 0 Å². The number of ether oxygens (including phenoxy) is 2. The van der Waals surface area contributed by atoms with Crippen molar-refractivity contribution in [3.8, 4) is 0 Å². The normalized spacial score (nSPS) is 13.7. The van der Waals surface area contributed by atoms with Crippen molar-refractivity contribution in [1.82, 2.24) is 0 Å². The van der Waals surface area contributed by atoms with E-state index in [2.05, 4.69) is 11.3 Å². The zero-order valence-electron chi connectivity index (χ0n) is 10.6. The number of carbonyl (C=O) groups is 2. The molecule has 0 heterocycles. The first kappa shape index (κ1) is 16.5. The monoisotopic (exact) mass is 268 g/mol. The molecule has 18 heavy (non-hydrogen) atoms. The lowest BCUT2D eigenvalue weighted by Crippen LogP contribution is -2.43. The van der Waals surface area contributed by atoms with Crippen molar-refractivity contribution < 1.29 is 32.2 Å². The quantitative estimate of drug-likeness (QED) is 0.580. The van der Waals surface area contributed by atoms with Crippen LogP contribution in [0.25, 0.3) is 0 Å². The van der Waals surface area contributed by atoms with Gasteiger partial charge in [0.25, 0.3) is 0 Å². The lowest BCUT2D eigenvalue weighted by molar-refractivity contribution is -0.225. The number of esters is 2. The molecule has 0 aliphatic heterocycles. The minimum absolute atomic E-state index is 0.0275. The lowest BCUT2D eigenvalue weighted by atomic mass is 10.1. The zero-order chi connectivity index (χ0) is 14.7. The van der Waals surface area contributed by atoms with Crippen LogP contribution in [-0.2, 0) is 19.1 Å². The number of alkyl halides is 3. The maximum atomic E-state index is 12.2. The third-order valence-electron chi connectivity index (χ3n) is 1.93. The third-order valence-corrected chi connectivity index (χ3v) is 1.93. The van der Waals surface area contributed by atoms with Gasteiger partial charge in [0.2, 0.25) is 5.60 Å². The van der Waals surface area contributed by atoms with Crippen molar-refractivity contribution in [3.05, 3.63) is 12.2 Å². The standard InChI is InChI=1S/C11H15F3O4/c1-6(2)8(15)18-10(4,5)9(16)17-7(3)11(12,13)14/h7H,1H2,2-5H3. The Bertz CT molecular complexity index is 358. The molecule has 1 atom stereocenters. The smallest absolute Gasteiger partial charge is 0.425 e. The highest BCUT2D eigenvalue weighted by molar-refractivity contribution is 5.90. The highest BCUT2D eigenvalue weighted by Gasteiger charge is 2.43. The average molecular weight is 268 g/mol. The molecule has 0 aromatic rings. The van der Waals surface area contributed by atoms with Gasteiger partial charge in [-0.1, -0.05) is 6.58 Å². The van der Waals surface area contributed by atoms with E-state index in [9.17, 15) is 22.8 Å². The highest BCUT2D eigenvalue weighted by Crippen LogP contribution is 2.24. The Morgan fingerprint density at radius 3 is 2.00 bits per heavy atom. The highest BCUT2D eigenvalue weighted by atomic mass is 19.4. The van der Waals surface area contributed by atoms with E-state index >= 15 is 0 Å². The second-order valence-corrected chi connectivity index (χ2v) is 4.27. The molecular formula is C11H15F3O4. The molecule has 7 heteroatoms. The number of rotatable bonds is 4. The first-order chi connectivity index (χ1) is 7.88. The van der Waals surface area contributed by atoms with Crippen LogP contribution < -0.4 is 0 Å². The summed E-state index contributed by atoms with van der Waals surface area (Å²) in [6, 6.07) is 0. The largest absolute Gasteiger partial charge is 0.450 e. The van der Waals surface area contributed by atoms with Crippen LogP contribution in [0.15, 0.2) is 12.2 Å². The molecule has 0 amide bonds. The summed E-state index contributed by atoms with van der Waals surface area (Å²) in [6.07, 6.45) is -6.93. The van der Waals surface area contributed by atoms with Gasteiger partial charge in [-0.3, -0.25) is 0 Å². The fourth-order valence-electron chi connectivity index (χ4n) is 0.730. The maximum absolute atomic E-state index is 12.2. The first-order valence-corrected chi connectivity index (χ1v) is 5.04. The van der Waals surface area contributed by atoms with Crippen LogP contribution in [-0.4, -0.2) is 29.8 Å². The van der Waals surface area contributed by atoms with Crippen LogP contribution in [0.5, 0.6) is 0 Å². The molecule has 1 unspecified atom stereocenters. The molecular weight excluding hydrogens is 253 g/mol. The third kappa shape index (κ3) is 4.77. The van der Waals surface area contributed by atoms with Crippen LogP contribution in [0.2, 0.25) is 0 Å². The van der Waals surface area contributed by atoms with E-state index in [0.717, 1.165) is 13.8 Å². The predicted molar refractivity (Wildman–Crippen MR) is 56.6 cm³/mol. The van der Waals surface area contributed by atoms with Gasteiger partial charge in [-0.2, -0.15) is 13.2 Å². The molecule has 0 spiro atoms. The lowest BCUT2D eigenvalue weighted by Gasteiger charge is -2.25. The molecule has 0 aliphatic carbocycles. The van der Waals surface area contributed by atoms with Gasteiger partial charge in [0.15, 0.2) is 6.10 Å². The van der Waals surface area contributed by atoms with Crippen molar-refractivity contribution in [2.75, 3.05) is 0 Å². The minimum Gasteiger partial charge on any atom is -0.450 e. The molecule has 0 aromatic heterocycles. The van der Waals surface area contributed by atoms with Gasteiger partial charge >= 0.3 is 18.1 Å². The molecule has 0 bridgehead atoms. The summed E-state index contributed by atoms with van der Waals surface area (Å²) in [5.41, 5.74) is -1.78. The second kappa shape index (κ2) is 5.41. The van der Waals surface area contributed by atoms with E-state index in [1.165, 1.54) is 6.92 Å². The summed E-state index contributed by atoms with van der Waals surface area (Å²) in [4.78, 5) is 22.6. The fraction of sp³-hybridized carbons (Fsp3) is 0.636. The number of hydrogen-bond donors (Lipinski definition) is 0. The molecule has 0 rings (SSSR count). The van der Waals surface area contributed by atoms with Crippen LogP contribution in [0, 0.1) is 0 Å². The molecule has 0 saturated heterocycles. The van der Waals surface area contributed by atoms with Gasteiger partial charge in [-0.15, -0.1) is 0 Å². The molecule has 0 saturated carbocycles. The van der Waals surface area contributed by atoms with E-state index in [4.69, 9.17) is 4.74 Å². The number of halogens is 3. The van der Waals surface area contributed by atoms with Crippen molar-refractivity contribution >= 4 is 11.9 Å². The molecule has 104 valence electrons. The summed E-state index contributed by atoms with van der Waals surface area (Å²) in [7, 11) is 0. The van der Waals surface area contributed by atoms with Crippen LogP contribution in [0.4, 0.5) is 13.2 Å². The van der Waals surface area contributed by atoms with Crippen molar-refractivity contribution in [2.24, 2.45) is 0 Å². The van der Waals surface area contributed by atoms with Gasteiger partial charge in [-0.25, -0.2) is 9.59 Å². The van der Waals surface area contributed by atoms with Crippen LogP contribution in [0.3, 0.4) is 0 Å². The number of carbonyl (C=O) groups excluding carboxylic acids is 2. The Labute approximate surface area is 103 Å². The summed E-state index contributed by atoms with van der Waals surface area (Å²) in [6.45, 7) is 7.61. The van der Waals surface area contributed by atoms with E-state index in [-0.39, 0.29) is 5.57 Å². The molecule has 4 nitrogen and oxygen atoms in total. The Morgan fingerprint density at radius 2 is 1.67 bits per heavy atom. The SMILES string of the molecule is C=C(C)C(=O)OC(C)(C)C(=O)OC(C)C(F)(F)F. The number of hydrogen-bond acceptors (Lipinski definition) is 4. The fourth-order valence-corrected chi connectivity index (χ4v) is 0.730. The van der Waals surface area contributed by atoms with Crippen LogP contribution >= 0.6 is 0 Å². The summed E-state index contributed by atoms with van der Waals surface area (Å²) in [5.74, 6) is -2.15. The zero-order valence-corrected chi connectivity index (χ0v) is 10.6. The van der Waals surface area contributed by atoms with Gasteiger partial charge in [0.1, 0.15) is 0 Å². The van der Waals surface area contributed by atoms with Gasteiger partial charge in [-0.05, 0) is 27.7 Å². The molecule has 0 aliphatic rings. The summed E-state index contributed by atoms with van der Waals surface area (Å²) >= 11 is 0. The van der Waals surface area contributed by atoms with Crippen LogP contribution in [0.1, 0.15) is 27.7 Å². The molecule has 0 N–H and O–H groups in total. The Morgan fingerprint density at radius 1 is 1.22 bits per heavy atom. The Balaban J connectivity index is 4.67. The van der Waals surface area contributed by atoms with E-state index in [0.29, 0.717) is 6.92 Å². The summed E-state index contributed by atoms with van der Waals surface area (Å²) in [5, 5.41) is 0. The Hall–Kier alpha value is -1.53. The van der Waals surface area contributed by atoms with Crippen molar-refractivity contribution in [2.45, 2.75) is 45.6 Å². The predicted octanol–water partition coefficient (Wildman–Crippen LogP) is 2.38. The Kier molecular flexibility index (Phi) is 4.95. The maximum Gasteiger partial charge on any atom is 0.425 e.